The molecule has 0 saturated carbocycles. The first-order valence-electron chi connectivity index (χ1n) is 7.89. The summed E-state index contributed by atoms with van der Waals surface area (Å²) in [7, 11) is 0. The standard InChI is InChI=1S/C19H20N2O2S/c1-19(2,3)17-11-14(21-23-17)10-16(22)15-12-24-18(20-15)9-13-7-5-4-6-8-13/h4-8,11-12H,9-10H2,1-3H3. The molecule has 0 bridgehead atoms. The Hall–Kier alpha value is -2.27. The normalized spacial score (nSPS) is 11.6. The van der Waals surface area contributed by atoms with Crippen LogP contribution < -0.4 is 0 Å². The van der Waals surface area contributed by atoms with Crippen LogP contribution in [0.1, 0.15) is 53.3 Å². The van der Waals surface area contributed by atoms with Crippen LogP contribution in [-0.4, -0.2) is 15.9 Å². The van der Waals surface area contributed by atoms with Gasteiger partial charge < -0.3 is 4.52 Å². The third kappa shape index (κ3) is 3.97. The van der Waals surface area contributed by atoms with E-state index in [0.717, 1.165) is 17.2 Å². The molecule has 0 atom stereocenters. The van der Waals surface area contributed by atoms with Crippen LogP contribution in [0.2, 0.25) is 0 Å². The van der Waals surface area contributed by atoms with Crippen molar-refractivity contribution in [3.05, 3.63) is 69.5 Å². The molecule has 1 aromatic carbocycles. The molecular formula is C19H20N2O2S. The van der Waals surface area contributed by atoms with Crippen molar-refractivity contribution in [2.45, 2.75) is 39.0 Å². The van der Waals surface area contributed by atoms with Crippen molar-refractivity contribution in [1.29, 1.82) is 0 Å². The molecule has 0 radical (unpaired) electrons. The van der Waals surface area contributed by atoms with Gasteiger partial charge in [-0.2, -0.15) is 0 Å². The molecule has 0 unspecified atom stereocenters. The van der Waals surface area contributed by atoms with E-state index in [2.05, 4.69) is 43.0 Å². The first-order valence-corrected chi connectivity index (χ1v) is 8.77. The molecule has 0 aliphatic rings. The average Bonchev–Trinajstić information content (AvgIpc) is 3.17. The molecule has 24 heavy (non-hydrogen) atoms. The van der Waals surface area contributed by atoms with Gasteiger partial charge in [-0.15, -0.1) is 11.3 Å². The molecule has 0 fully saturated rings. The summed E-state index contributed by atoms with van der Waals surface area (Å²) in [5.41, 5.74) is 2.24. The van der Waals surface area contributed by atoms with Crippen molar-refractivity contribution >= 4 is 17.1 Å². The van der Waals surface area contributed by atoms with Crippen molar-refractivity contribution in [2.24, 2.45) is 0 Å². The Morgan fingerprint density at radius 1 is 1.21 bits per heavy atom. The summed E-state index contributed by atoms with van der Waals surface area (Å²) in [6.07, 6.45) is 0.963. The summed E-state index contributed by atoms with van der Waals surface area (Å²) in [4.78, 5) is 16.9. The number of hydrogen-bond donors (Lipinski definition) is 0. The second-order valence-corrected chi connectivity index (χ2v) is 7.76. The summed E-state index contributed by atoms with van der Waals surface area (Å²) < 4.78 is 5.33. The molecule has 124 valence electrons. The Morgan fingerprint density at radius 3 is 2.62 bits per heavy atom. The maximum atomic E-state index is 12.4. The van der Waals surface area contributed by atoms with Gasteiger partial charge in [0.25, 0.3) is 0 Å². The SMILES string of the molecule is CC(C)(C)c1cc(CC(=O)c2csc(Cc3ccccc3)n2)no1. The lowest BCUT2D eigenvalue weighted by atomic mass is 9.93. The fourth-order valence-electron chi connectivity index (χ4n) is 2.29. The van der Waals surface area contributed by atoms with Gasteiger partial charge in [0.15, 0.2) is 5.78 Å². The summed E-state index contributed by atoms with van der Waals surface area (Å²) in [5.74, 6) is 0.757. The Kier molecular flexibility index (Phi) is 4.62. The highest BCUT2D eigenvalue weighted by Crippen LogP contribution is 2.23. The van der Waals surface area contributed by atoms with Crippen LogP contribution in [0.25, 0.3) is 0 Å². The quantitative estimate of drug-likeness (QED) is 0.644. The highest BCUT2D eigenvalue weighted by Gasteiger charge is 2.21. The third-order valence-electron chi connectivity index (χ3n) is 3.68. The van der Waals surface area contributed by atoms with E-state index in [-0.39, 0.29) is 17.6 Å². The van der Waals surface area contributed by atoms with Crippen LogP contribution in [0.5, 0.6) is 0 Å². The molecule has 2 aromatic heterocycles. The molecule has 0 spiro atoms. The van der Waals surface area contributed by atoms with Gasteiger partial charge in [0.1, 0.15) is 11.5 Å². The van der Waals surface area contributed by atoms with Gasteiger partial charge in [-0.05, 0) is 5.56 Å². The highest BCUT2D eigenvalue weighted by atomic mass is 32.1. The van der Waals surface area contributed by atoms with E-state index in [1.54, 1.807) is 0 Å². The number of hydrogen-bond acceptors (Lipinski definition) is 5. The smallest absolute Gasteiger partial charge is 0.188 e. The Labute approximate surface area is 145 Å². The minimum atomic E-state index is -0.113. The number of carbonyl (C=O) groups excluding carboxylic acids is 1. The van der Waals surface area contributed by atoms with E-state index in [0.29, 0.717) is 11.4 Å². The zero-order valence-electron chi connectivity index (χ0n) is 14.1. The zero-order chi connectivity index (χ0) is 17.2. The highest BCUT2D eigenvalue weighted by molar-refractivity contribution is 7.09. The molecular weight excluding hydrogens is 320 g/mol. The van der Waals surface area contributed by atoms with Gasteiger partial charge in [0.05, 0.1) is 17.1 Å². The van der Waals surface area contributed by atoms with Gasteiger partial charge in [-0.25, -0.2) is 4.98 Å². The molecule has 4 nitrogen and oxygen atoms in total. The molecule has 3 rings (SSSR count). The molecule has 2 heterocycles. The van der Waals surface area contributed by atoms with Crippen molar-refractivity contribution in [3.8, 4) is 0 Å². The third-order valence-corrected chi connectivity index (χ3v) is 4.52. The van der Waals surface area contributed by atoms with Crippen molar-refractivity contribution in [3.63, 3.8) is 0 Å². The van der Waals surface area contributed by atoms with Gasteiger partial charge in [0.2, 0.25) is 0 Å². The molecule has 0 amide bonds. The Balaban J connectivity index is 1.67. The summed E-state index contributed by atoms with van der Waals surface area (Å²) in [6, 6.07) is 12.0. The fraction of sp³-hybridized carbons (Fsp3) is 0.316. The van der Waals surface area contributed by atoms with Gasteiger partial charge in [-0.3, -0.25) is 4.79 Å². The lowest BCUT2D eigenvalue weighted by molar-refractivity contribution is 0.0986. The van der Waals surface area contributed by atoms with E-state index >= 15 is 0 Å². The van der Waals surface area contributed by atoms with Gasteiger partial charge >= 0.3 is 0 Å². The first-order chi connectivity index (χ1) is 11.4. The van der Waals surface area contributed by atoms with E-state index in [1.165, 1.54) is 16.9 Å². The summed E-state index contributed by atoms with van der Waals surface area (Å²) in [5, 5.41) is 6.77. The van der Waals surface area contributed by atoms with Crippen LogP contribution in [-0.2, 0) is 18.3 Å². The largest absolute Gasteiger partial charge is 0.361 e. The molecule has 5 heteroatoms. The molecule has 0 aliphatic heterocycles. The van der Waals surface area contributed by atoms with Gasteiger partial charge in [0, 0.05) is 23.3 Å². The summed E-state index contributed by atoms with van der Waals surface area (Å²) in [6.45, 7) is 6.15. The summed E-state index contributed by atoms with van der Waals surface area (Å²) >= 11 is 1.52. The fourth-order valence-corrected chi connectivity index (χ4v) is 3.13. The van der Waals surface area contributed by atoms with Crippen molar-refractivity contribution < 1.29 is 9.32 Å². The van der Waals surface area contributed by atoms with Crippen molar-refractivity contribution in [1.82, 2.24) is 10.1 Å². The second-order valence-electron chi connectivity index (χ2n) is 6.82. The minimum absolute atomic E-state index is 0.0284. The van der Waals surface area contributed by atoms with Crippen molar-refractivity contribution in [2.75, 3.05) is 0 Å². The van der Waals surface area contributed by atoms with E-state index in [9.17, 15) is 4.79 Å². The predicted octanol–water partition coefficient (Wildman–Crippen LogP) is 4.44. The van der Waals surface area contributed by atoms with Crippen LogP contribution in [0.15, 0.2) is 46.3 Å². The van der Waals surface area contributed by atoms with Crippen LogP contribution in [0.3, 0.4) is 0 Å². The van der Waals surface area contributed by atoms with E-state index in [1.807, 2.05) is 29.6 Å². The maximum absolute atomic E-state index is 12.4. The van der Waals surface area contributed by atoms with E-state index in [4.69, 9.17) is 4.52 Å². The maximum Gasteiger partial charge on any atom is 0.188 e. The lowest BCUT2D eigenvalue weighted by Gasteiger charge is -2.12. The molecule has 0 N–H and O–H groups in total. The number of rotatable bonds is 5. The number of ketones is 1. The minimum Gasteiger partial charge on any atom is -0.361 e. The Morgan fingerprint density at radius 2 is 1.96 bits per heavy atom. The van der Waals surface area contributed by atoms with Gasteiger partial charge in [-0.1, -0.05) is 56.3 Å². The molecule has 0 saturated heterocycles. The number of thiazole rings is 1. The zero-order valence-corrected chi connectivity index (χ0v) is 14.9. The number of carbonyl (C=O) groups is 1. The monoisotopic (exact) mass is 340 g/mol. The van der Waals surface area contributed by atoms with E-state index < -0.39 is 0 Å². The number of nitrogens with zero attached hydrogens (tertiary/aromatic N) is 2. The number of Topliss-reactive ketones (excluding diaryl/α,β-unsaturated/α-hetero) is 1. The number of aromatic nitrogens is 2. The average molecular weight is 340 g/mol. The first kappa shape index (κ1) is 16.6. The molecule has 3 aromatic rings. The second kappa shape index (κ2) is 6.69. The van der Waals surface area contributed by atoms with Crippen LogP contribution >= 0.6 is 11.3 Å². The topological polar surface area (TPSA) is 56.0 Å². The molecule has 0 aliphatic carbocycles. The van der Waals surface area contributed by atoms with Crippen LogP contribution in [0, 0.1) is 0 Å². The predicted molar refractivity (Wildman–Crippen MR) is 94.6 cm³/mol. The Bertz CT molecular complexity index is 828. The number of benzene rings is 1. The van der Waals surface area contributed by atoms with Crippen LogP contribution in [0.4, 0.5) is 0 Å². The lowest BCUT2D eigenvalue weighted by Crippen LogP contribution is -2.09.